The molecule has 0 aliphatic rings. The molecule has 0 atom stereocenters. The molecule has 0 aromatic rings. The summed E-state index contributed by atoms with van der Waals surface area (Å²) in [5.41, 5.74) is 0. The average Bonchev–Trinajstić information content (AvgIpc) is 2.18. The standard InChI is InChI=1S/3C3H7NS2.Ce/c3*1-4(2)3(5)6;/h3*1-2H3,(H,5,6);/q;;;+3/p-3. The molecule has 0 aromatic carbocycles. The third-order valence-corrected chi connectivity index (χ3v) is 3.29. The molecule has 0 fully saturated rings. The second-order valence-corrected chi connectivity index (χ2v) is 6.58. The number of rotatable bonds is 0. The minimum atomic E-state index is 0. The molecule has 3 nitrogen and oxygen atoms in total. The first kappa shape index (κ1) is 28.8. The zero-order chi connectivity index (χ0) is 15.5. The molecule has 109 valence electrons. The van der Waals surface area contributed by atoms with E-state index >= 15 is 0 Å². The first-order valence-corrected chi connectivity index (χ1v) is 7.03. The van der Waals surface area contributed by atoms with Gasteiger partial charge in [0.1, 0.15) is 0 Å². The molecule has 0 spiro atoms. The molecule has 0 N–H and O–H groups in total. The molecule has 0 aromatic heterocycles. The van der Waals surface area contributed by atoms with Crippen LogP contribution in [0.15, 0.2) is 0 Å². The van der Waals surface area contributed by atoms with Gasteiger partial charge < -0.3 is 89.2 Å². The van der Waals surface area contributed by atoms with E-state index in [4.69, 9.17) is 0 Å². The summed E-state index contributed by atoms with van der Waals surface area (Å²) in [5, 5.41) is 0. The molecule has 0 unspecified atom stereocenters. The van der Waals surface area contributed by atoms with Crippen LogP contribution in [0.25, 0.3) is 0 Å². The summed E-state index contributed by atoms with van der Waals surface area (Å²) >= 11 is 27.4. The van der Waals surface area contributed by atoms with Crippen molar-refractivity contribution in [3.05, 3.63) is 0 Å². The van der Waals surface area contributed by atoms with Crippen molar-refractivity contribution >= 4 is 87.5 Å². The summed E-state index contributed by atoms with van der Waals surface area (Å²) in [6.07, 6.45) is 0. The van der Waals surface area contributed by atoms with Crippen molar-refractivity contribution in [1.82, 2.24) is 14.7 Å². The van der Waals surface area contributed by atoms with Gasteiger partial charge in [-0.25, -0.2) is 0 Å². The molecule has 0 aliphatic carbocycles. The van der Waals surface area contributed by atoms with Crippen molar-refractivity contribution < 1.29 is 41.7 Å². The zero-order valence-electron chi connectivity index (χ0n) is 11.8. The monoisotopic (exact) mass is 500 g/mol. The summed E-state index contributed by atoms with van der Waals surface area (Å²) in [5.74, 6) is 0. The Morgan fingerprint density at radius 3 is 0.632 bits per heavy atom. The maximum atomic E-state index is 4.56. The minimum Gasteiger partial charge on any atom is -0.411 e. The quantitative estimate of drug-likeness (QED) is 0.355. The van der Waals surface area contributed by atoms with Gasteiger partial charge in [-0.3, -0.25) is 0 Å². The van der Waals surface area contributed by atoms with Gasteiger partial charge >= 0.3 is 41.7 Å². The SMILES string of the molecule is CN(C)C(=S)[S-].CN(C)C(=S)[S-].CN(C)C(=S)[S-].[Ce+3]. The summed E-state index contributed by atoms with van der Waals surface area (Å²) in [6, 6.07) is 0. The summed E-state index contributed by atoms with van der Waals surface area (Å²) in [7, 11) is 11.0. The Hall–Kier alpha value is 1.71. The van der Waals surface area contributed by atoms with Gasteiger partial charge in [-0.2, -0.15) is 0 Å². The van der Waals surface area contributed by atoms with Crippen molar-refractivity contribution in [2.24, 2.45) is 0 Å². The predicted octanol–water partition coefficient (Wildman–Crippen LogP) is 1.14. The fourth-order valence-corrected chi connectivity index (χ4v) is 0. The predicted molar refractivity (Wildman–Crippen MR) is 101 cm³/mol. The first-order chi connectivity index (χ1) is 7.93. The molecule has 0 rings (SSSR count). The van der Waals surface area contributed by atoms with Gasteiger partial charge in [0.15, 0.2) is 0 Å². The van der Waals surface area contributed by atoms with Crippen molar-refractivity contribution in [3.8, 4) is 0 Å². The van der Waals surface area contributed by atoms with Gasteiger partial charge in [-0.15, -0.1) is 0 Å². The van der Waals surface area contributed by atoms with Crippen LogP contribution in [0.1, 0.15) is 0 Å². The van der Waals surface area contributed by atoms with Crippen molar-refractivity contribution in [2.45, 2.75) is 0 Å². The van der Waals surface area contributed by atoms with E-state index < -0.39 is 0 Å². The van der Waals surface area contributed by atoms with Gasteiger partial charge in [0.25, 0.3) is 0 Å². The Balaban J connectivity index is -0.0000000865. The molecule has 0 amide bonds. The van der Waals surface area contributed by atoms with E-state index in [-0.39, 0.29) is 41.7 Å². The smallest absolute Gasteiger partial charge is 0.411 e. The van der Waals surface area contributed by atoms with Gasteiger partial charge in [0.2, 0.25) is 0 Å². The largest absolute Gasteiger partial charge is 3.00 e. The number of thiocarbonyl (C=S) groups is 3. The van der Waals surface area contributed by atoms with Crippen LogP contribution in [-0.4, -0.2) is 69.9 Å². The van der Waals surface area contributed by atoms with Crippen LogP contribution < -0.4 is 0 Å². The van der Waals surface area contributed by atoms with E-state index in [9.17, 15) is 0 Å². The van der Waals surface area contributed by atoms with Gasteiger partial charge in [-0.05, 0) is 0 Å². The van der Waals surface area contributed by atoms with Gasteiger partial charge in [0, 0.05) is 42.3 Å². The maximum Gasteiger partial charge on any atom is 3.00 e. The molecule has 0 aliphatic heterocycles. The second kappa shape index (κ2) is 17.8. The average molecular weight is 501 g/mol. The summed E-state index contributed by atoms with van der Waals surface area (Å²) in [4.78, 5) is 5.14. The normalized spacial score (nSPS) is 7.26. The fraction of sp³-hybridized carbons (Fsp3) is 0.667. The van der Waals surface area contributed by atoms with Crippen molar-refractivity contribution in [2.75, 3.05) is 42.3 Å². The number of hydrogen-bond donors (Lipinski definition) is 0. The van der Waals surface area contributed by atoms with E-state index in [0.717, 1.165) is 0 Å². The number of hydrogen-bond acceptors (Lipinski definition) is 6. The Bertz CT molecular complexity index is 228. The Morgan fingerprint density at radius 2 is 0.632 bits per heavy atom. The molecule has 0 bridgehead atoms. The van der Waals surface area contributed by atoms with E-state index in [0.29, 0.717) is 13.0 Å². The van der Waals surface area contributed by atoms with Gasteiger partial charge in [-0.1, -0.05) is 13.0 Å². The van der Waals surface area contributed by atoms with Crippen LogP contribution in [0.3, 0.4) is 0 Å². The first-order valence-electron chi connectivity index (χ1n) is 4.58. The van der Waals surface area contributed by atoms with Crippen LogP contribution in [0.2, 0.25) is 0 Å². The second-order valence-electron chi connectivity index (χ2n) is 3.48. The Morgan fingerprint density at radius 1 is 0.579 bits per heavy atom. The Kier molecular flexibility index (Phi) is 26.9. The van der Waals surface area contributed by atoms with Crippen LogP contribution in [0, 0.1) is 41.7 Å². The zero-order valence-corrected chi connectivity index (χ0v) is 19.8. The minimum absolute atomic E-state index is 0. The van der Waals surface area contributed by atoms with Gasteiger partial charge in [0.05, 0.1) is 0 Å². The third kappa shape index (κ3) is 32.9. The molecular weight excluding hydrogens is 483 g/mol. The molecule has 10 heteroatoms. The van der Waals surface area contributed by atoms with E-state index in [2.05, 4.69) is 74.5 Å². The number of nitrogens with zero attached hydrogens (tertiary/aromatic N) is 3. The van der Waals surface area contributed by atoms with Crippen LogP contribution in [0.5, 0.6) is 0 Å². The van der Waals surface area contributed by atoms with Crippen molar-refractivity contribution in [3.63, 3.8) is 0 Å². The molecule has 0 saturated heterocycles. The molecule has 0 heterocycles. The van der Waals surface area contributed by atoms with E-state index in [1.54, 1.807) is 14.7 Å². The molecule has 1 radical (unpaired) electrons. The molecule has 0 saturated carbocycles. The Labute approximate surface area is 183 Å². The molecular formula is C9H18CeN3S6. The topological polar surface area (TPSA) is 9.72 Å². The van der Waals surface area contributed by atoms with Crippen molar-refractivity contribution in [1.29, 1.82) is 0 Å². The summed E-state index contributed by atoms with van der Waals surface area (Å²) < 4.78 is 1.53. The van der Waals surface area contributed by atoms with Crippen LogP contribution >= 0.6 is 36.7 Å². The fourth-order valence-electron chi connectivity index (χ4n) is 0. The van der Waals surface area contributed by atoms with Crippen LogP contribution in [-0.2, 0) is 37.9 Å². The van der Waals surface area contributed by atoms with Crippen LogP contribution in [0.4, 0.5) is 0 Å². The van der Waals surface area contributed by atoms with E-state index in [1.165, 1.54) is 0 Å². The summed E-state index contributed by atoms with van der Waals surface area (Å²) in [6.45, 7) is 0. The third-order valence-electron chi connectivity index (χ3n) is 1.10. The molecule has 19 heavy (non-hydrogen) atoms. The maximum absolute atomic E-state index is 4.56. The van der Waals surface area contributed by atoms with E-state index in [1.807, 2.05) is 42.3 Å².